The lowest BCUT2D eigenvalue weighted by Crippen LogP contribution is -2.27. The fraction of sp³-hybridized carbons (Fsp3) is 0.300. The minimum Gasteiger partial charge on any atom is -0.398 e. The Labute approximate surface area is 105 Å². The molecule has 1 amide bonds. The zero-order chi connectivity index (χ0) is 12.1. The molecule has 16 heavy (non-hydrogen) atoms. The Kier molecular flexibility index (Phi) is 4.95. The van der Waals surface area contributed by atoms with E-state index in [-0.39, 0.29) is 5.91 Å². The molecule has 88 valence electrons. The van der Waals surface area contributed by atoms with Crippen LogP contribution in [0.25, 0.3) is 0 Å². The molecular formula is C10H13BrN2O2S. The van der Waals surface area contributed by atoms with Gasteiger partial charge in [-0.15, -0.1) is 0 Å². The summed E-state index contributed by atoms with van der Waals surface area (Å²) in [5.41, 5.74) is 6.67. The largest absolute Gasteiger partial charge is 0.398 e. The van der Waals surface area contributed by atoms with Gasteiger partial charge in [0.1, 0.15) is 0 Å². The van der Waals surface area contributed by atoms with Crippen molar-refractivity contribution in [3.8, 4) is 0 Å². The van der Waals surface area contributed by atoms with Gasteiger partial charge < -0.3 is 11.1 Å². The van der Waals surface area contributed by atoms with Crippen molar-refractivity contribution in [3.05, 3.63) is 28.2 Å². The van der Waals surface area contributed by atoms with E-state index >= 15 is 0 Å². The highest BCUT2D eigenvalue weighted by Crippen LogP contribution is 2.23. The summed E-state index contributed by atoms with van der Waals surface area (Å²) in [5.74, 6) is 0.232. The number of rotatable bonds is 4. The maximum atomic E-state index is 11.7. The fourth-order valence-electron chi connectivity index (χ4n) is 1.13. The molecule has 0 aliphatic heterocycles. The van der Waals surface area contributed by atoms with Gasteiger partial charge in [-0.1, -0.05) is 6.07 Å². The minimum atomic E-state index is -0.899. The first-order valence-electron chi connectivity index (χ1n) is 4.64. The lowest BCUT2D eigenvalue weighted by Gasteiger charge is -2.07. The molecule has 4 nitrogen and oxygen atoms in total. The third-order valence-corrected chi connectivity index (χ3v) is 3.61. The molecule has 0 saturated heterocycles. The molecule has 0 aromatic heterocycles. The first kappa shape index (κ1) is 13.2. The summed E-state index contributed by atoms with van der Waals surface area (Å²) in [4.78, 5) is 11.7. The van der Waals surface area contributed by atoms with E-state index in [0.29, 0.717) is 28.0 Å². The summed E-state index contributed by atoms with van der Waals surface area (Å²) < 4.78 is 11.4. The Bertz CT molecular complexity index is 423. The number of carbonyl (C=O) groups is 1. The van der Waals surface area contributed by atoms with Crippen molar-refractivity contribution in [1.82, 2.24) is 5.32 Å². The standard InChI is InChI=1S/C10H13BrN2O2S/c1-16(15)6-5-13-10(14)7-3-2-4-8(12)9(7)11/h2-4H,5-6,12H2,1H3,(H,13,14). The summed E-state index contributed by atoms with van der Waals surface area (Å²) in [7, 11) is -0.899. The second kappa shape index (κ2) is 6.00. The van der Waals surface area contributed by atoms with Gasteiger partial charge in [0.25, 0.3) is 5.91 Å². The van der Waals surface area contributed by atoms with E-state index in [0.717, 1.165) is 0 Å². The van der Waals surface area contributed by atoms with E-state index < -0.39 is 10.8 Å². The van der Waals surface area contributed by atoms with Gasteiger partial charge in [-0.3, -0.25) is 9.00 Å². The molecule has 0 aliphatic rings. The molecule has 0 saturated carbocycles. The first-order chi connectivity index (χ1) is 7.52. The van der Waals surface area contributed by atoms with Gasteiger partial charge >= 0.3 is 0 Å². The van der Waals surface area contributed by atoms with Crippen molar-refractivity contribution in [1.29, 1.82) is 0 Å². The van der Waals surface area contributed by atoms with Crippen molar-refractivity contribution in [3.63, 3.8) is 0 Å². The van der Waals surface area contributed by atoms with E-state index in [4.69, 9.17) is 5.73 Å². The second-order valence-electron chi connectivity index (χ2n) is 3.24. The fourth-order valence-corrected chi connectivity index (χ4v) is 1.96. The van der Waals surface area contributed by atoms with Gasteiger partial charge in [0, 0.05) is 35.0 Å². The van der Waals surface area contributed by atoms with Crippen molar-refractivity contribution in [2.24, 2.45) is 0 Å². The summed E-state index contributed by atoms with van der Waals surface area (Å²) in [5, 5.41) is 2.68. The maximum Gasteiger partial charge on any atom is 0.252 e. The van der Waals surface area contributed by atoms with Crippen LogP contribution in [0.1, 0.15) is 10.4 Å². The predicted molar refractivity (Wildman–Crippen MR) is 69.8 cm³/mol. The molecule has 1 aromatic rings. The number of nitrogen functional groups attached to an aromatic ring is 1. The Morgan fingerprint density at radius 1 is 1.56 bits per heavy atom. The van der Waals surface area contributed by atoms with E-state index in [1.807, 2.05) is 0 Å². The van der Waals surface area contributed by atoms with Crippen LogP contribution in [0.4, 0.5) is 5.69 Å². The van der Waals surface area contributed by atoms with Crippen molar-refractivity contribution in [2.75, 3.05) is 24.3 Å². The summed E-state index contributed by atoms with van der Waals surface area (Å²) in [6.45, 7) is 0.392. The highest BCUT2D eigenvalue weighted by molar-refractivity contribution is 9.10. The van der Waals surface area contributed by atoms with Crippen LogP contribution in [-0.4, -0.2) is 28.7 Å². The third-order valence-electron chi connectivity index (χ3n) is 1.95. The number of amides is 1. The molecular weight excluding hydrogens is 292 g/mol. The number of halogens is 1. The molecule has 6 heteroatoms. The van der Waals surface area contributed by atoms with Crippen molar-refractivity contribution >= 4 is 38.3 Å². The number of hydrogen-bond acceptors (Lipinski definition) is 3. The van der Waals surface area contributed by atoms with Crippen LogP contribution in [-0.2, 0) is 10.8 Å². The van der Waals surface area contributed by atoms with Crippen LogP contribution < -0.4 is 11.1 Å². The average Bonchev–Trinajstić information content (AvgIpc) is 2.21. The maximum absolute atomic E-state index is 11.7. The SMILES string of the molecule is CS(=O)CCNC(=O)c1cccc(N)c1Br. The van der Waals surface area contributed by atoms with Crippen molar-refractivity contribution in [2.45, 2.75) is 0 Å². The van der Waals surface area contributed by atoms with Crippen molar-refractivity contribution < 1.29 is 9.00 Å². The number of hydrogen-bond donors (Lipinski definition) is 2. The minimum absolute atomic E-state index is 0.218. The Morgan fingerprint density at radius 3 is 2.88 bits per heavy atom. The second-order valence-corrected chi connectivity index (χ2v) is 5.59. The molecule has 0 spiro atoms. The zero-order valence-corrected chi connectivity index (χ0v) is 11.2. The predicted octanol–water partition coefficient (Wildman–Crippen LogP) is 1.14. The molecule has 0 heterocycles. The van der Waals surface area contributed by atoms with Gasteiger partial charge in [0.05, 0.1) is 10.0 Å². The highest BCUT2D eigenvalue weighted by Gasteiger charge is 2.10. The topological polar surface area (TPSA) is 72.2 Å². The number of nitrogens with two attached hydrogens (primary N) is 1. The molecule has 0 aliphatic carbocycles. The van der Waals surface area contributed by atoms with E-state index in [9.17, 15) is 9.00 Å². The van der Waals surface area contributed by atoms with Crippen LogP contribution >= 0.6 is 15.9 Å². The number of carbonyl (C=O) groups excluding carboxylic acids is 1. The van der Waals surface area contributed by atoms with Gasteiger partial charge in [0.15, 0.2) is 0 Å². The summed E-state index contributed by atoms with van der Waals surface area (Å²) in [6, 6.07) is 5.10. The van der Waals surface area contributed by atoms with Crippen LogP contribution in [0.2, 0.25) is 0 Å². The molecule has 1 aromatic carbocycles. The Morgan fingerprint density at radius 2 is 2.25 bits per heavy atom. The monoisotopic (exact) mass is 304 g/mol. The van der Waals surface area contributed by atoms with Gasteiger partial charge in [-0.2, -0.15) is 0 Å². The molecule has 1 unspecified atom stereocenters. The number of nitrogens with one attached hydrogen (secondary N) is 1. The van der Waals surface area contributed by atoms with Crippen LogP contribution in [0.5, 0.6) is 0 Å². The smallest absolute Gasteiger partial charge is 0.252 e. The van der Waals surface area contributed by atoms with E-state index in [1.54, 1.807) is 24.5 Å². The highest BCUT2D eigenvalue weighted by atomic mass is 79.9. The van der Waals surface area contributed by atoms with Gasteiger partial charge in [0.2, 0.25) is 0 Å². The molecule has 0 bridgehead atoms. The zero-order valence-electron chi connectivity index (χ0n) is 8.83. The lowest BCUT2D eigenvalue weighted by atomic mass is 10.2. The Hall–Kier alpha value is -0.880. The lowest BCUT2D eigenvalue weighted by molar-refractivity contribution is 0.0955. The van der Waals surface area contributed by atoms with Gasteiger partial charge in [-0.05, 0) is 28.1 Å². The first-order valence-corrected chi connectivity index (χ1v) is 7.16. The molecule has 1 atom stereocenters. The third kappa shape index (κ3) is 3.61. The molecule has 0 fully saturated rings. The van der Waals surface area contributed by atoms with E-state index in [2.05, 4.69) is 21.2 Å². The quantitative estimate of drug-likeness (QED) is 0.819. The van der Waals surface area contributed by atoms with Crippen LogP contribution in [0.3, 0.4) is 0 Å². The summed E-state index contributed by atoms with van der Waals surface area (Å²) >= 11 is 3.26. The molecule has 3 N–H and O–H groups in total. The molecule has 1 rings (SSSR count). The van der Waals surface area contributed by atoms with Gasteiger partial charge in [-0.25, -0.2) is 0 Å². The van der Waals surface area contributed by atoms with E-state index in [1.165, 1.54) is 0 Å². The Balaban J connectivity index is 2.66. The average molecular weight is 305 g/mol. The summed E-state index contributed by atoms with van der Waals surface area (Å²) in [6.07, 6.45) is 1.60. The molecule has 0 radical (unpaired) electrons. The number of anilines is 1. The van der Waals surface area contributed by atoms with Crippen LogP contribution in [0.15, 0.2) is 22.7 Å². The number of benzene rings is 1. The normalized spacial score (nSPS) is 12.1. The van der Waals surface area contributed by atoms with Crippen LogP contribution in [0, 0.1) is 0 Å².